The summed E-state index contributed by atoms with van der Waals surface area (Å²) in [6, 6.07) is 0. The SMILES string of the molecule is CCCCCOCCCOCCOC. The van der Waals surface area contributed by atoms with E-state index in [0.717, 1.165) is 26.2 Å². The Morgan fingerprint density at radius 3 is 2.00 bits per heavy atom. The van der Waals surface area contributed by atoms with Crippen molar-refractivity contribution in [3.63, 3.8) is 0 Å². The molecule has 0 aliphatic heterocycles. The minimum atomic E-state index is 0.678. The molecular formula is C11H24O3. The van der Waals surface area contributed by atoms with Crippen LogP contribution in [0, 0.1) is 0 Å². The highest BCUT2D eigenvalue weighted by molar-refractivity contribution is 4.38. The monoisotopic (exact) mass is 204 g/mol. The molecule has 0 spiro atoms. The molecule has 0 aliphatic carbocycles. The lowest BCUT2D eigenvalue weighted by atomic mass is 10.3. The maximum Gasteiger partial charge on any atom is 0.0700 e. The third kappa shape index (κ3) is 11.9. The molecule has 0 rings (SSSR count). The smallest absolute Gasteiger partial charge is 0.0700 e. The van der Waals surface area contributed by atoms with E-state index in [2.05, 4.69) is 6.92 Å². The van der Waals surface area contributed by atoms with Crippen LogP contribution >= 0.6 is 0 Å². The van der Waals surface area contributed by atoms with Crippen molar-refractivity contribution >= 4 is 0 Å². The zero-order valence-electron chi connectivity index (χ0n) is 9.59. The van der Waals surface area contributed by atoms with Gasteiger partial charge in [0.15, 0.2) is 0 Å². The van der Waals surface area contributed by atoms with Crippen LogP contribution in [0.4, 0.5) is 0 Å². The Morgan fingerprint density at radius 1 is 0.714 bits per heavy atom. The topological polar surface area (TPSA) is 27.7 Å². The van der Waals surface area contributed by atoms with Crippen molar-refractivity contribution in [2.45, 2.75) is 32.6 Å². The van der Waals surface area contributed by atoms with Crippen LogP contribution < -0.4 is 0 Å². The maximum atomic E-state index is 5.43. The van der Waals surface area contributed by atoms with Gasteiger partial charge >= 0.3 is 0 Å². The number of rotatable bonds is 11. The van der Waals surface area contributed by atoms with Crippen LogP contribution in [0.2, 0.25) is 0 Å². The van der Waals surface area contributed by atoms with Gasteiger partial charge in [0.05, 0.1) is 13.2 Å². The third-order valence-corrected chi connectivity index (χ3v) is 1.90. The molecule has 0 aromatic heterocycles. The molecule has 0 fully saturated rings. The number of methoxy groups -OCH3 is 1. The van der Waals surface area contributed by atoms with E-state index in [4.69, 9.17) is 14.2 Å². The Bertz CT molecular complexity index is 84.5. The summed E-state index contributed by atoms with van der Waals surface area (Å²) in [7, 11) is 1.68. The number of ether oxygens (including phenoxy) is 3. The van der Waals surface area contributed by atoms with Crippen molar-refractivity contribution in [1.29, 1.82) is 0 Å². The largest absolute Gasteiger partial charge is 0.382 e. The zero-order chi connectivity index (χ0) is 10.5. The van der Waals surface area contributed by atoms with Gasteiger partial charge in [-0.3, -0.25) is 0 Å². The van der Waals surface area contributed by atoms with Gasteiger partial charge in [-0.2, -0.15) is 0 Å². The van der Waals surface area contributed by atoms with Crippen molar-refractivity contribution in [1.82, 2.24) is 0 Å². The van der Waals surface area contributed by atoms with Gasteiger partial charge in [-0.05, 0) is 12.8 Å². The molecule has 14 heavy (non-hydrogen) atoms. The van der Waals surface area contributed by atoms with E-state index in [1.165, 1.54) is 19.3 Å². The minimum Gasteiger partial charge on any atom is -0.382 e. The number of hydrogen-bond donors (Lipinski definition) is 0. The molecule has 0 N–H and O–H groups in total. The standard InChI is InChI=1S/C11H24O3/c1-3-4-5-7-13-8-6-9-14-11-10-12-2/h3-11H2,1-2H3. The lowest BCUT2D eigenvalue weighted by Crippen LogP contribution is -2.06. The summed E-state index contributed by atoms with van der Waals surface area (Å²) >= 11 is 0. The van der Waals surface area contributed by atoms with Gasteiger partial charge in [0.25, 0.3) is 0 Å². The normalized spacial score (nSPS) is 10.7. The van der Waals surface area contributed by atoms with Gasteiger partial charge in [0, 0.05) is 26.9 Å². The summed E-state index contributed by atoms with van der Waals surface area (Å²) in [6.07, 6.45) is 4.69. The van der Waals surface area contributed by atoms with Crippen LogP contribution in [0.1, 0.15) is 32.6 Å². The molecule has 0 bridgehead atoms. The summed E-state index contributed by atoms with van der Waals surface area (Å²) in [6.45, 7) is 6.05. The molecule has 86 valence electrons. The van der Waals surface area contributed by atoms with Crippen molar-refractivity contribution < 1.29 is 14.2 Å². The van der Waals surface area contributed by atoms with E-state index in [0.29, 0.717) is 13.2 Å². The van der Waals surface area contributed by atoms with Crippen molar-refractivity contribution in [2.75, 3.05) is 40.1 Å². The van der Waals surface area contributed by atoms with Crippen LogP contribution in [-0.2, 0) is 14.2 Å². The van der Waals surface area contributed by atoms with E-state index in [-0.39, 0.29) is 0 Å². The summed E-state index contributed by atoms with van der Waals surface area (Å²) in [5.41, 5.74) is 0. The summed E-state index contributed by atoms with van der Waals surface area (Å²) < 4.78 is 15.6. The van der Waals surface area contributed by atoms with Gasteiger partial charge < -0.3 is 14.2 Å². The Labute approximate surface area is 87.7 Å². The molecule has 0 unspecified atom stereocenters. The highest BCUT2D eigenvalue weighted by Crippen LogP contribution is 1.94. The van der Waals surface area contributed by atoms with E-state index < -0.39 is 0 Å². The summed E-state index contributed by atoms with van der Waals surface area (Å²) in [4.78, 5) is 0. The summed E-state index contributed by atoms with van der Waals surface area (Å²) in [5.74, 6) is 0. The van der Waals surface area contributed by atoms with Gasteiger partial charge in [-0.25, -0.2) is 0 Å². The molecule has 0 atom stereocenters. The maximum absolute atomic E-state index is 5.43. The van der Waals surface area contributed by atoms with Gasteiger partial charge in [-0.1, -0.05) is 19.8 Å². The average Bonchev–Trinajstić information content (AvgIpc) is 2.21. The molecule has 0 aromatic rings. The van der Waals surface area contributed by atoms with E-state index in [1.807, 2.05) is 0 Å². The van der Waals surface area contributed by atoms with Crippen LogP contribution in [-0.4, -0.2) is 40.1 Å². The molecular weight excluding hydrogens is 180 g/mol. The van der Waals surface area contributed by atoms with E-state index in [9.17, 15) is 0 Å². The highest BCUT2D eigenvalue weighted by atomic mass is 16.5. The average molecular weight is 204 g/mol. The lowest BCUT2D eigenvalue weighted by molar-refractivity contribution is 0.0508. The predicted octanol–water partition coefficient (Wildman–Crippen LogP) is 2.25. The molecule has 3 nitrogen and oxygen atoms in total. The predicted molar refractivity (Wildman–Crippen MR) is 57.7 cm³/mol. The minimum absolute atomic E-state index is 0.678. The second-order valence-electron chi connectivity index (χ2n) is 3.28. The molecule has 0 aromatic carbocycles. The first-order chi connectivity index (χ1) is 6.91. The highest BCUT2D eigenvalue weighted by Gasteiger charge is 1.90. The first-order valence-electron chi connectivity index (χ1n) is 5.56. The van der Waals surface area contributed by atoms with Crippen molar-refractivity contribution in [3.05, 3.63) is 0 Å². The third-order valence-electron chi connectivity index (χ3n) is 1.90. The fraction of sp³-hybridized carbons (Fsp3) is 1.00. The second kappa shape index (κ2) is 12.9. The molecule has 0 saturated carbocycles. The summed E-state index contributed by atoms with van der Waals surface area (Å²) in [5, 5.41) is 0. The first-order valence-corrected chi connectivity index (χ1v) is 5.56. The molecule has 0 saturated heterocycles. The molecule has 0 radical (unpaired) electrons. The van der Waals surface area contributed by atoms with Crippen molar-refractivity contribution in [3.8, 4) is 0 Å². The van der Waals surface area contributed by atoms with Gasteiger partial charge in [0.2, 0.25) is 0 Å². The van der Waals surface area contributed by atoms with Crippen LogP contribution in [0.5, 0.6) is 0 Å². The zero-order valence-corrected chi connectivity index (χ0v) is 9.59. The molecule has 0 heterocycles. The van der Waals surface area contributed by atoms with Gasteiger partial charge in [0.1, 0.15) is 0 Å². The van der Waals surface area contributed by atoms with Crippen molar-refractivity contribution in [2.24, 2.45) is 0 Å². The molecule has 3 heteroatoms. The van der Waals surface area contributed by atoms with Crippen LogP contribution in [0.25, 0.3) is 0 Å². The fourth-order valence-electron chi connectivity index (χ4n) is 1.06. The quantitative estimate of drug-likeness (QED) is 0.483. The van der Waals surface area contributed by atoms with Crippen LogP contribution in [0.3, 0.4) is 0 Å². The second-order valence-corrected chi connectivity index (χ2v) is 3.28. The van der Waals surface area contributed by atoms with E-state index in [1.54, 1.807) is 7.11 Å². The fourth-order valence-corrected chi connectivity index (χ4v) is 1.06. The Kier molecular flexibility index (Phi) is 12.8. The lowest BCUT2D eigenvalue weighted by Gasteiger charge is -2.04. The molecule has 0 amide bonds. The Hall–Kier alpha value is -0.120. The van der Waals surface area contributed by atoms with Gasteiger partial charge in [-0.15, -0.1) is 0 Å². The number of unbranched alkanes of at least 4 members (excludes halogenated alkanes) is 2. The number of hydrogen-bond acceptors (Lipinski definition) is 3. The first kappa shape index (κ1) is 13.9. The Morgan fingerprint density at radius 2 is 1.36 bits per heavy atom. The van der Waals surface area contributed by atoms with Crippen LogP contribution in [0.15, 0.2) is 0 Å². The van der Waals surface area contributed by atoms with E-state index >= 15 is 0 Å². The molecule has 0 aliphatic rings. The Balaban J connectivity index is 2.78.